The number of carbonyl (C=O) groups is 1. The van der Waals surface area contributed by atoms with Gasteiger partial charge in [-0.3, -0.25) is 4.79 Å². The van der Waals surface area contributed by atoms with Gasteiger partial charge in [-0.15, -0.1) is 0 Å². The van der Waals surface area contributed by atoms with Crippen LogP contribution in [0.25, 0.3) is 6.08 Å². The number of primary amides is 1. The largest absolute Gasteiger partial charge is 0.497 e. The van der Waals surface area contributed by atoms with Crippen molar-refractivity contribution in [1.29, 1.82) is 5.26 Å². The van der Waals surface area contributed by atoms with Crippen molar-refractivity contribution < 1.29 is 14.3 Å². The standard InChI is InChI=1S/C18H14Cl2N2O3/c1-24-14-4-3-12(7-13(9-21)18(22)23)17(8-14)25-10-11-2-5-15(19)16(20)6-11/h2-8H,10H2,1H3,(H2,22,23)/b13-7+. The van der Waals surface area contributed by atoms with Crippen LogP contribution >= 0.6 is 23.2 Å². The van der Waals surface area contributed by atoms with Crippen molar-refractivity contribution in [2.45, 2.75) is 6.61 Å². The van der Waals surface area contributed by atoms with Gasteiger partial charge in [-0.1, -0.05) is 29.3 Å². The lowest BCUT2D eigenvalue weighted by molar-refractivity contribution is -0.114. The van der Waals surface area contributed by atoms with E-state index in [1.807, 2.05) is 0 Å². The molecule has 0 atom stereocenters. The molecule has 1 amide bonds. The van der Waals surface area contributed by atoms with E-state index in [2.05, 4.69) is 0 Å². The Labute approximate surface area is 155 Å². The maximum absolute atomic E-state index is 11.3. The number of amides is 1. The van der Waals surface area contributed by atoms with Crippen molar-refractivity contribution in [3.63, 3.8) is 0 Å². The number of benzene rings is 2. The normalized spacial score (nSPS) is 10.9. The predicted molar refractivity (Wildman–Crippen MR) is 96.6 cm³/mol. The summed E-state index contributed by atoms with van der Waals surface area (Å²) in [5, 5.41) is 9.88. The quantitative estimate of drug-likeness (QED) is 0.610. The maximum atomic E-state index is 11.3. The van der Waals surface area contributed by atoms with E-state index in [0.29, 0.717) is 27.1 Å². The van der Waals surface area contributed by atoms with E-state index >= 15 is 0 Å². The number of ether oxygens (including phenoxy) is 2. The van der Waals surface area contributed by atoms with Crippen LogP contribution in [0, 0.1) is 11.3 Å². The zero-order valence-corrected chi connectivity index (χ0v) is 14.8. The summed E-state index contributed by atoms with van der Waals surface area (Å²) in [6.07, 6.45) is 1.37. The van der Waals surface area contributed by atoms with E-state index in [-0.39, 0.29) is 12.2 Å². The Morgan fingerprint density at radius 3 is 2.60 bits per heavy atom. The third-order valence-electron chi connectivity index (χ3n) is 3.28. The van der Waals surface area contributed by atoms with Gasteiger partial charge in [0.1, 0.15) is 29.7 Å². The lowest BCUT2D eigenvalue weighted by Gasteiger charge is -2.12. The van der Waals surface area contributed by atoms with Crippen molar-refractivity contribution in [2.24, 2.45) is 5.73 Å². The van der Waals surface area contributed by atoms with E-state index in [1.165, 1.54) is 13.2 Å². The van der Waals surface area contributed by atoms with Crippen molar-refractivity contribution >= 4 is 35.2 Å². The molecule has 0 aliphatic carbocycles. The van der Waals surface area contributed by atoms with E-state index < -0.39 is 5.91 Å². The molecule has 0 bridgehead atoms. The smallest absolute Gasteiger partial charge is 0.259 e. The SMILES string of the molecule is COc1ccc(/C=C(\C#N)C(N)=O)c(OCc2ccc(Cl)c(Cl)c2)c1. The molecule has 0 aliphatic heterocycles. The summed E-state index contributed by atoms with van der Waals surface area (Å²) in [5.74, 6) is 0.187. The molecule has 0 heterocycles. The van der Waals surface area contributed by atoms with Crippen molar-refractivity contribution in [2.75, 3.05) is 7.11 Å². The average Bonchev–Trinajstić information content (AvgIpc) is 2.60. The molecule has 0 radical (unpaired) electrons. The van der Waals surface area contributed by atoms with E-state index in [9.17, 15) is 4.79 Å². The number of methoxy groups -OCH3 is 1. The molecular formula is C18H14Cl2N2O3. The van der Waals surface area contributed by atoms with Gasteiger partial charge in [0.2, 0.25) is 0 Å². The number of nitrogens with two attached hydrogens (primary N) is 1. The molecule has 0 fully saturated rings. The molecule has 0 aliphatic rings. The Kier molecular flexibility index (Phi) is 6.29. The number of hydrogen-bond acceptors (Lipinski definition) is 4. The fraction of sp³-hybridized carbons (Fsp3) is 0.111. The molecule has 2 rings (SSSR count). The number of halogens is 2. The molecule has 5 nitrogen and oxygen atoms in total. The zero-order chi connectivity index (χ0) is 18.4. The Bertz CT molecular complexity index is 873. The van der Waals surface area contributed by atoms with Crippen molar-refractivity contribution in [1.82, 2.24) is 0 Å². The van der Waals surface area contributed by atoms with Crippen molar-refractivity contribution in [3.05, 3.63) is 63.1 Å². The monoisotopic (exact) mass is 376 g/mol. The molecule has 25 heavy (non-hydrogen) atoms. The second-order valence-electron chi connectivity index (χ2n) is 4.97. The minimum absolute atomic E-state index is 0.176. The van der Waals surface area contributed by atoms with E-state index in [0.717, 1.165) is 5.56 Å². The molecule has 0 saturated carbocycles. The molecule has 0 aromatic heterocycles. The molecular weight excluding hydrogens is 363 g/mol. The van der Waals surface area contributed by atoms with Crippen LogP contribution < -0.4 is 15.2 Å². The zero-order valence-electron chi connectivity index (χ0n) is 13.3. The van der Waals surface area contributed by atoms with Crippen LogP contribution in [-0.2, 0) is 11.4 Å². The predicted octanol–water partition coefficient (Wildman–Crippen LogP) is 3.97. The van der Waals surface area contributed by atoms with Crippen LogP contribution in [0.5, 0.6) is 11.5 Å². The number of hydrogen-bond donors (Lipinski definition) is 1. The number of nitrogens with zero attached hydrogens (tertiary/aromatic N) is 1. The van der Waals surface area contributed by atoms with Gasteiger partial charge in [-0.2, -0.15) is 5.26 Å². The Balaban J connectivity index is 2.32. The highest BCUT2D eigenvalue weighted by Gasteiger charge is 2.10. The van der Waals surface area contributed by atoms with Gasteiger partial charge in [-0.05, 0) is 35.9 Å². The summed E-state index contributed by atoms with van der Waals surface area (Å²) in [7, 11) is 1.53. The number of nitriles is 1. The molecule has 2 aromatic carbocycles. The minimum Gasteiger partial charge on any atom is -0.497 e. The third kappa shape index (κ3) is 4.90. The lowest BCUT2D eigenvalue weighted by Crippen LogP contribution is -2.12. The Morgan fingerprint density at radius 2 is 2.00 bits per heavy atom. The molecule has 2 N–H and O–H groups in total. The highest BCUT2D eigenvalue weighted by atomic mass is 35.5. The summed E-state index contributed by atoms with van der Waals surface area (Å²) in [6, 6.07) is 11.9. The first-order chi connectivity index (χ1) is 11.9. The maximum Gasteiger partial charge on any atom is 0.259 e. The van der Waals surface area contributed by atoms with Crippen molar-refractivity contribution in [3.8, 4) is 17.6 Å². The molecule has 0 spiro atoms. The van der Waals surface area contributed by atoms with Gasteiger partial charge in [0.05, 0.1) is 17.2 Å². The summed E-state index contributed by atoms with van der Waals surface area (Å²) < 4.78 is 11.0. The molecule has 7 heteroatoms. The highest BCUT2D eigenvalue weighted by molar-refractivity contribution is 6.42. The first-order valence-corrected chi connectivity index (χ1v) is 7.86. The van der Waals surface area contributed by atoms with Crippen LogP contribution in [0.15, 0.2) is 42.0 Å². The molecule has 2 aromatic rings. The fourth-order valence-corrected chi connectivity index (χ4v) is 2.31. The average molecular weight is 377 g/mol. The van der Waals surface area contributed by atoms with E-state index in [4.69, 9.17) is 43.7 Å². The van der Waals surface area contributed by atoms with Gasteiger partial charge in [0.25, 0.3) is 5.91 Å². The van der Waals surface area contributed by atoms with Crippen LogP contribution in [0.2, 0.25) is 10.0 Å². The summed E-state index contributed by atoms with van der Waals surface area (Å²) >= 11 is 11.9. The molecule has 0 saturated heterocycles. The van der Waals surface area contributed by atoms with Gasteiger partial charge >= 0.3 is 0 Å². The number of rotatable bonds is 6. The lowest BCUT2D eigenvalue weighted by atomic mass is 10.1. The van der Waals surface area contributed by atoms with E-state index in [1.54, 1.807) is 42.5 Å². The topological polar surface area (TPSA) is 85.3 Å². The molecule has 128 valence electrons. The third-order valence-corrected chi connectivity index (χ3v) is 4.02. The van der Waals surface area contributed by atoms with Crippen LogP contribution in [0.4, 0.5) is 0 Å². The van der Waals surface area contributed by atoms with Crippen LogP contribution in [0.1, 0.15) is 11.1 Å². The van der Waals surface area contributed by atoms with Crippen LogP contribution in [0.3, 0.4) is 0 Å². The summed E-state index contributed by atoms with van der Waals surface area (Å²) in [4.78, 5) is 11.3. The fourth-order valence-electron chi connectivity index (χ4n) is 1.99. The van der Waals surface area contributed by atoms with Gasteiger partial charge < -0.3 is 15.2 Å². The summed E-state index contributed by atoms with van der Waals surface area (Å²) in [5.41, 5.74) is 6.33. The second kappa shape index (κ2) is 8.43. The van der Waals surface area contributed by atoms with Crippen LogP contribution in [-0.4, -0.2) is 13.0 Å². The minimum atomic E-state index is -0.811. The van der Waals surface area contributed by atoms with Gasteiger partial charge in [-0.25, -0.2) is 0 Å². The van der Waals surface area contributed by atoms with Gasteiger partial charge in [0, 0.05) is 11.6 Å². The first-order valence-electron chi connectivity index (χ1n) is 7.11. The first kappa shape index (κ1) is 18.7. The Morgan fingerprint density at radius 1 is 1.24 bits per heavy atom. The van der Waals surface area contributed by atoms with Gasteiger partial charge in [0.15, 0.2) is 0 Å². The highest BCUT2D eigenvalue weighted by Crippen LogP contribution is 2.29. The Hall–Kier alpha value is -2.68. The molecule has 0 unspecified atom stereocenters. The second-order valence-corrected chi connectivity index (χ2v) is 5.79. The number of carbonyl (C=O) groups excluding carboxylic acids is 1. The summed E-state index contributed by atoms with van der Waals surface area (Å²) in [6.45, 7) is 0.212.